The SMILES string of the molecule is CC(C)(C)/C=C\CCCC(=O)NC(C)(C)C. The fourth-order valence-corrected chi connectivity index (χ4v) is 1.30. The Morgan fingerprint density at radius 1 is 1.12 bits per heavy atom. The summed E-state index contributed by atoms with van der Waals surface area (Å²) in [5.41, 5.74) is 0.131. The van der Waals surface area contributed by atoms with Gasteiger partial charge in [-0.2, -0.15) is 0 Å². The summed E-state index contributed by atoms with van der Waals surface area (Å²) >= 11 is 0. The molecule has 0 rings (SSSR count). The van der Waals surface area contributed by atoms with E-state index in [1.54, 1.807) is 0 Å². The van der Waals surface area contributed by atoms with Crippen molar-refractivity contribution in [3.63, 3.8) is 0 Å². The summed E-state index contributed by atoms with van der Waals surface area (Å²) < 4.78 is 0. The number of carbonyl (C=O) groups excluding carboxylic acids is 1. The second-order valence-corrected chi connectivity index (χ2v) is 6.46. The summed E-state index contributed by atoms with van der Waals surface area (Å²) in [7, 11) is 0. The van der Waals surface area contributed by atoms with E-state index >= 15 is 0 Å². The van der Waals surface area contributed by atoms with Crippen LogP contribution in [-0.4, -0.2) is 11.4 Å². The Balaban J connectivity index is 3.68. The van der Waals surface area contributed by atoms with Gasteiger partial charge in [0.25, 0.3) is 0 Å². The molecule has 16 heavy (non-hydrogen) atoms. The van der Waals surface area contributed by atoms with Crippen LogP contribution in [0, 0.1) is 5.41 Å². The van der Waals surface area contributed by atoms with Crippen molar-refractivity contribution in [1.29, 1.82) is 0 Å². The summed E-state index contributed by atoms with van der Waals surface area (Å²) in [4.78, 5) is 11.5. The molecule has 0 fully saturated rings. The highest BCUT2D eigenvalue weighted by atomic mass is 16.1. The molecular formula is C14H27NO. The number of unbranched alkanes of at least 4 members (excludes halogenated alkanes) is 1. The lowest BCUT2D eigenvalue weighted by molar-refractivity contribution is -0.122. The van der Waals surface area contributed by atoms with Crippen LogP contribution in [0.2, 0.25) is 0 Å². The molecule has 0 spiro atoms. The van der Waals surface area contributed by atoms with Crippen LogP contribution in [-0.2, 0) is 4.79 Å². The first-order valence-corrected chi connectivity index (χ1v) is 6.09. The van der Waals surface area contributed by atoms with Gasteiger partial charge in [-0.15, -0.1) is 0 Å². The monoisotopic (exact) mass is 225 g/mol. The van der Waals surface area contributed by atoms with E-state index in [-0.39, 0.29) is 16.9 Å². The molecular weight excluding hydrogens is 198 g/mol. The molecule has 0 aliphatic carbocycles. The van der Waals surface area contributed by atoms with Crippen LogP contribution in [0.25, 0.3) is 0 Å². The molecule has 1 N–H and O–H groups in total. The average molecular weight is 225 g/mol. The molecule has 0 radical (unpaired) electrons. The largest absolute Gasteiger partial charge is 0.352 e. The maximum absolute atomic E-state index is 11.5. The van der Waals surface area contributed by atoms with Crippen molar-refractivity contribution in [1.82, 2.24) is 5.32 Å². The Hall–Kier alpha value is -0.790. The predicted molar refractivity (Wildman–Crippen MR) is 70.3 cm³/mol. The summed E-state index contributed by atoms with van der Waals surface area (Å²) in [6, 6.07) is 0. The summed E-state index contributed by atoms with van der Waals surface area (Å²) in [6.07, 6.45) is 6.90. The number of rotatable bonds is 4. The van der Waals surface area contributed by atoms with E-state index in [1.807, 2.05) is 20.8 Å². The number of carbonyl (C=O) groups is 1. The Bertz CT molecular complexity index is 240. The molecule has 2 heteroatoms. The van der Waals surface area contributed by atoms with Gasteiger partial charge in [0, 0.05) is 12.0 Å². The maximum Gasteiger partial charge on any atom is 0.220 e. The fourth-order valence-electron chi connectivity index (χ4n) is 1.30. The average Bonchev–Trinajstić information content (AvgIpc) is 1.97. The van der Waals surface area contributed by atoms with Crippen LogP contribution in [0.3, 0.4) is 0 Å². The third-order valence-electron chi connectivity index (χ3n) is 1.91. The summed E-state index contributed by atoms with van der Waals surface area (Å²) in [5.74, 6) is 0.150. The smallest absolute Gasteiger partial charge is 0.220 e. The molecule has 0 saturated heterocycles. The molecule has 0 saturated carbocycles. The Kier molecular flexibility index (Phi) is 5.77. The zero-order valence-corrected chi connectivity index (χ0v) is 11.7. The van der Waals surface area contributed by atoms with E-state index in [2.05, 4.69) is 38.2 Å². The molecule has 0 aliphatic heterocycles. The van der Waals surface area contributed by atoms with Gasteiger partial charge in [-0.05, 0) is 39.0 Å². The molecule has 1 amide bonds. The fraction of sp³-hybridized carbons (Fsp3) is 0.786. The summed E-state index contributed by atoms with van der Waals surface area (Å²) in [5, 5.41) is 2.96. The van der Waals surface area contributed by atoms with Gasteiger partial charge in [0.1, 0.15) is 0 Å². The van der Waals surface area contributed by atoms with E-state index in [0.717, 1.165) is 12.8 Å². The maximum atomic E-state index is 11.5. The molecule has 0 aliphatic rings. The lowest BCUT2D eigenvalue weighted by Crippen LogP contribution is -2.40. The minimum Gasteiger partial charge on any atom is -0.352 e. The van der Waals surface area contributed by atoms with Gasteiger partial charge in [-0.25, -0.2) is 0 Å². The van der Waals surface area contributed by atoms with Crippen LogP contribution in [0.15, 0.2) is 12.2 Å². The van der Waals surface area contributed by atoms with Crippen molar-refractivity contribution < 1.29 is 4.79 Å². The first-order valence-electron chi connectivity index (χ1n) is 6.09. The van der Waals surface area contributed by atoms with Crippen LogP contribution in [0.1, 0.15) is 60.8 Å². The van der Waals surface area contributed by atoms with Gasteiger partial charge in [0.2, 0.25) is 5.91 Å². The topological polar surface area (TPSA) is 29.1 Å². The highest BCUT2D eigenvalue weighted by molar-refractivity contribution is 5.76. The number of amides is 1. The molecule has 0 unspecified atom stereocenters. The third-order valence-corrected chi connectivity index (χ3v) is 1.91. The third kappa shape index (κ3) is 11.3. The van der Waals surface area contributed by atoms with Crippen LogP contribution in [0.4, 0.5) is 0 Å². The minimum atomic E-state index is -0.113. The van der Waals surface area contributed by atoms with Crippen molar-refractivity contribution in [2.75, 3.05) is 0 Å². The molecule has 94 valence electrons. The van der Waals surface area contributed by atoms with Crippen LogP contribution in [0.5, 0.6) is 0 Å². The van der Waals surface area contributed by atoms with Gasteiger partial charge < -0.3 is 5.32 Å². The van der Waals surface area contributed by atoms with Gasteiger partial charge in [0.15, 0.2) is 0 Å². The van der Waals surface area contributed by atoms with Gasteiger partial charge in [-0.1, -0.05) is 32.9 Å². The lowest BCUT2D eigenvalue weighted by Gasteiger charge is -2.20. The van der Waals surface area contributed by atoms with E-state index in [9.17, 15) is 4.79 Å². The van der Waals surface area contributed by atoms with Crippen molar-refractivity contribution in [3.05, 3.63) is 12.2 Å². The van der Waals surface area contributed by atoms with Gasteiger partial charge in [-0.3, -0.25) is 4.79 Å². The lowest BCUT2D eigenvalue weighted by atomic mass is 9.96. The van der Waals surface area contributed by atoms with Crippen molar-refractivity contribution in [3.8, 4) is 0 Å². The van der Waals surface area contributed by atoms with Gasteiger partial charge >= 0.3 is 0 Å². The molecule has 0 heterocycles. The number of allylic oxidation sites excluding steroid dienone is 2. The molecule has 0 bridgehead atoms. The number of nitrogens with one attached hydrogen (secondary N) is 1. The highest BCUT2D eigenvalue weighted by Gasteiger charge is 2.12. The second-order valence-electron chi connectivity index (χ2n) is 6.46. The number of hydrogen-bond acceptors (Lipinski definition) is 1. The Morgan fingerprint density at radius 3 is 2.12 bits per heavy atom. The van der Waals surface area contributed by atoms with E-state index in [0.29, 0.717) is 6.42 Å². The van der Waals surface area contributed by atoms with Crippen molar-refractivity contribution in [2.45, 2.75) is 66.3 Å². The zero-order valence-electron chi connectivity index (χ0n) is 11.7. The first kappa shape index (κ1) is 15.2. The van der Waals surface area contributed by atoms with Crippen molar-refractivity contribution in [2.24, 2.45) is 5.41 Å². The van der Waals surface area contributed by atoms with Crippen molar-refractivity contribution >= 4 is 5.91 Å². The zero-order chi connectivity index (χ0) is 12.8. The molecule has 0 atom stereocenters. The molecule has 0 aromatic rings. The quantitative estimate of drug-likeness (QED) is 0.574. The van der Waals surface area contributed by atoms with Crippen LogP contribution < -0.4 is 5.32 Å². The van der Waals surface area contributed by atoms with Gasteiger partial charge in [0.05, 0.1) is 0 Å². The highest BCUT2D eigenvalue weighted by Crippen LogP contribution is 2.15. The normalized spacial score (nSPS) is 13.1. The first-order chi connectivity index (χ1) is 7.10. The van der Waals surface area contributed by atoms with E-state index in [1.165, 1.54) is 0 Å². The standard InChI is InChI=1S/C14H27NO/c1-13(2,3)11-9-7-8-10-12(16)15-14(4,5)6/h9,11H,7-8,10H2,1-6H3,(H,15,16)/b11-9-. The molecule has 0 aromatic heterocycles. The Labute approximate surface area is 101 Å². The molecule has 0 aromatic carbocycles. The molecule has 2 nitrogen and oxygen atoms in total. The summed E-state index contributed by atoms with van der Waals surface area (Å²) in [6.45, 7) is 12.5. The van der Waals surface area contributed by atoms with Crippen LogP contribution >= 0.6 is 0 Å². The predicted octanol–water partition coefficient (Wildman–Crippen LogP) is 3.67. The van der Waals surface area contributed by atoms with E-state index < -0.39 is 0 Å². The van der Waals surface area contributed by atoms with E-state index in [4.69, 9.17) is 0 Å². The number of hydrogen-bond donors (Lipinski definition) is 1. The Morgan fingerprint density at radius 2 is 1.69 bits per heavy atom. The second kappa shape index (κ2) is 6.07. The minimum absolute atomic E-state index is 0.113.